The fourth-order valence-electron chi connectivity index (χ4n) is 1.64. The summed E-state index contributed by atoms with van der Waals surface area (Å²) in [5.41, 5.74) is 0.390. The number of hydrogen-bond acceptors (Lipinski definition) is 3. The summed E-state index contributed by atoms with van der Waals surface area (Å²) < 4.78 is 11.2. The fourth-order valence-corrected chi connectivity index (χ4v) is 1.95. The van der Waals surface area contributed by atoms with Gasteiger partial charge in [-0.1, -0.05) is 11.6 Å². The molecular formula is C15H20Cl2O3. The van der Waals surface area contributed by atoms with Gasteiger partial charge in [-0.2, -0.15) is 0 Å². The van der Waals surface area contributed by atoms with Crippen LogP contribution in [0.5, 0.6) is 11.5 Å². The molecule has 3 nitrogen and oxygen atoms in total. The van der Waals surface area contributed by atoms with Crippen molar-refractivity contribution in [3.8, 4) is 11.5 Å². The third-order valence-electron chi connectivity index (χ3n) is 2.39. The van der Waals surface area contributed by atoms with Crippen molar-refractivity contribution < 1.29 is 14.3 Å². The van der Waals surface area contributed by atoms with Crippen molar-refractivity contribution in [1.29, 1.82) is 0 Å². The zero-order chi connectivity index (χ0) is 15.4. The van der Waals surface area contributed by atoms with Crippen LogP contribution in [0, 0.1) is 0 Å². The zero-order valence-electron chi connectivity index (χ0n) is 12.4. The van der Waals surface area contributed by atoms with E-state index in [0.29, 0.717) is 22.1 Å². The molecule has 0 amide bonds. The summed E-state index contributed by atoms with van der Waals surface area (Å²) in [6.07, 6.45) is -0.110. The molecule has 0 aliphatic heterocycles. The van der Waals surface area contributed by atoms with Gasteiger partial charge in [0, 0.05) is 6.07 Å². The molecule has 0 saturated carbocycles. The molecule has 1 unspecified atom stereocenters. The second kappa shape index (κ2) is 7.19. The average Bonchev–Trinajstić information content (AvgIpc) is 2.30. The number of hydrogen-bond donors (Lipinski definition) is 0. The fraction of sp³-hybridized carbons (Fsp3) is 0.533. The maximum atomic E-state index is 12.2. The molecule has 1 aromatic carbocycles. The number of benzene rings is 1. The first-order valence-electron chi connectivity index (χ1n) is 6.57. The van der Waals surface area contributed by atoms with Crippen LogP contribution in [-0.4, -0.2) is 23.4 Å². The van der Waals surface area contributed by atoms with Gasteiger partial charge >= 0.3 is 0 Å². The second-order valence-corrected chi connectivity index (χ2v) is 6.15. The van der Waals surface area contributed by atoms with E-state index in [0.717, 1.165) is 0 Å². The lowest BCUT2D eigenvalue weighted by atomic mass is 10.1. The Hall–Kier alpha value is -0.930. The Labute approximate surface area is 130 Å². The molecule has 0 spiro atoms. The highest BCUT2D eigenvalue weighted by atomic mass is 35.5. The SMILES string of the molecule is CC(C)Oc1cc(C(=O)C(C)Cl)c(OC(C)C)cc1Cl. The molecule has 0 aliphatic carbocycles. The maximum absolute atomic E-state index is 12.2. The van der Waals surface area contributed by atoms with E-state index >= 15 is 0 Å². The first-order chi connectivity index (χ1) is 9.22. The minimum Gasteiger partial charge on any atom is -0.490 e. The third-order valence-corrected chi connectivity index (χ3v) is 2.88. The van der Waals surface area contributed by atoms with Crippen molar-refractivity contribution in [2.24, 2.45) is 0 Å². The highest BCUT2D eigenvalue weighted by Gasteiger charge is 2.21. The summed E-state index contributed by atoms with van der Waals surface area (Å²) in [5, 5.41) is -0.231. The molecule has 0 saturated heterocycles. The van der Waals surface area contributed by atoms with Crippen LogP contribution >= 0.6 is 23.2 Å². The average molecular weight is 319 g/mol. The molecule has 112 valence electrons. The smallest absolute Gasteiger partial charge is 0.184 e. The predicted molar refractivity (Wildman–Crippen MR) is 82.6 cm³/mol. The van der Waals surface area contributed by atoms with Crippen molar-refractivity contribution >= 4 is 29.0 Å². The Morgan fingerprint density at radius 2 is 1.50 bits per heavy atom. The highest BCUT2D eigenvalue weighted by molar-refractivity contribution is 6.35. The third kappa shape index (κ3) is 4.57. The minimum atomic E-state index is -0.641. The topological polar surface area (TPSA) is 35.5 Å². The van der Waals surface area contributed by atoms with Gasteiger partial charge in [0.15, 0.2) is 5.78 Å². The van der Waals surface area contributed by atoms with Crippen LogP contribution in [-0.2, 0) is 0 Å². The van der Waals surface area contributed by atoms with Gasteiger partial charge in [-0.05, 0) is 40.7 Å². The van der Waals surface area contributed by atoms with Crippen LogP contribution < -0.4 is 9.47 Å². The quantitative estimate of drug-likeness (QED) is 0.562. The van der Waals surface area contributed by atoms with Gasteiger partial charge in [0.1, 0.15) is 11.5 Å². The van der Waals surface area contributed by atoms with Gasteiger partial charge in [-0.3, -0.25) is 4.79 Å². The van der Waals surface area contributed by atoms with E-state index in [1.807, 2.05) is 27.7 Å². The van der Waals surface area contributed by atoms with Crippen LogP contribution in [0.25, 0.3) is 0 Å². The van der Waals surface area contributed by atoms with Crippen LogP contribution in [0.15, 0.2) is 12.1 Å². The number of rotatable bonds is 6. The van der Waals surface area contributed by atoms with Gasteiger partial charge in [0.25, 0.3) is 0 Å². The molecule has 0 fully saturated rings. The monoisotopic (exact) mass is 318 g/mol. The van der Waals surface area contributed by atoms with E-state index in [1.54, 1.807) is 19.1 Å². The van der Waals surface area contributed by atoms with Gasteiger partial charge in [-0.15, -0.1) is 11.6 Å². The summed E-state index contributed by atoms with van der Waals surface area (Å²) >= 11 is 12.1. The number of Topliss-reactive ketones (excluding diaryl/α,β-unsaturated/α-hetero) is 1. The molecule has 0 radical (unpaired) electrons. The summed E-state index contributed by atoms with van der Waals surface area (Å²) in [6.45, 7) is 9.16. The van der Waals surface area contributed by atoms with Crippen molar-refractivity contribution in [1.82, 2.24) is 0 Å². The predicted octanol–water partition coefficient (Wildman–Crippen LogP) is 4.72. The lowest BCUT2D eigenvalue weighted by Crippen LogP contribution is -2.16. The molecular weight excluding hydrogens is 299 g/mol. The van der Waals surface area contributed by atoms with E-state index in [2.05, 4.69) is 0 Å². The van der Waals surface area contributed by atoms with Crippen molar-refractivity contribution in [2.75, 3.05) is 0 Å². The molecule has 0 bridgehead atoms. The first-order valence-corrected chi connectivity index (χ1v) is 7.39. The van der Waals surface area contributed by atoms with Crippen LogP contribution in [0.4, 0.5) is 0 Å². The lowest BCUT2D eigenvalue weighted by Gasteiger charge is -2.18. The maximum Gasteiger partial charge on any atom is 0.184 e. The largest absolute Gasteiger partial charge is 0.490 e. The summed E-state index contributed by atoms with van der Waals surface area (Å²) in [4.78, 5) is 12.2. The Bertz CT molecular complexity index is 482. The Kier molecular flexibility index (Phi) is 6.15. The van der Waals surface area contributed by atoms with Gasteiger partial charge < -0.3 is 9.47 Å². The molecule has 1 atom stereocenters. The molecule has 0 aromatic heterocycles. The van der Waals surface area contributed by atoms with Crippen molar-refractivity contribution in [2.45, 2.75) is 52.2 Å². The Morgan fingerprint density at radius 1 is 1.00 bits per heavy atom. The first kappa shape index (κ1) is 17.1. The number of carbonyl (C=O) groups is 1. The zero-order valence-corrected chi connectivity index (χ0v) is 13.9. The normalized spacial score (nSPS) is 12.7. The number of alkyl halides is 1. The van der Waals surface area contributed by atoms with Crippen LogP contribution in [0.1, 0.15) is 45.0 Å². The van der Waals surface area contributed by atoms with Gasteiger partial charge in [-0.25, -0.2) is 0 Å². The van der Waals surface area contributed by atoms with Crippen LogP contribution in [0.2, 0.25) is 5.02 Å². The number of carbonyl (C=O) groups excluding carboxylic acids is 1. The number of ketones is 1. The minimum absolute atomic E-state index is 0.0410. The second-order valence-electron chi connectivity index (χ2n) is 5.09. The molecule has 1 aromatic rings. The van der Waals surface area contributed by atoms with Gasteiger partial charge in [0.2, 0.25) is 0 Å². The van der Waals surface area contributed by atoms with E-state index < -0.39 is 5.38 Å². The number of halogens is 2. The summed E-state index contributed by atoms with van der Waals surface area (Å²) in [6, 6.07) is 3.20. The summed E-state index contributed by atoms with van der Waals surface area (Å²) in [5.74, 6) is 0.671. The van der Waals surface area contributed by atoms with Crippen LogP contribution in [0.3, 0.4) is 0 Å². The van der Waals surface area contributed by atoms with E-state index in [4.69, 9.17) is 32.7 Å². The molecule has 0 aliphatic rings. The molecule has 1 rings (SSSR count). The van der Waals surface area contributed by atoms with E-state index in [9.17, 15) is 4.79 Å². The van der Waals surface area contributed by atoms with E-state index in [-0.39, 0.29) is 18.0 Å². The van der Waals surface area contributed by atoms with Crippen molar-refractivity contribution in [3.05, 3.63) is 22.7 Å². The molecule has 0 N–H and O–H groups in total. The molecule has 0 heterocycles. The summed E-state index contributed by atoms with van der Waals surface area (Å²) in [7, 11) is 0. The Balaban J connectivity index is 3.29. The standard InChI is InChI=1S/C15H20Cl2O3/c1-8(2)19-13-7-12(17)14(20-9(3)4)6-11(13)15(18)10(5)16/h6-10H,1-5H3. The molecule has 5 heteroatoms. The Morgan fingerprint density at radius 3 is 1.95 bits per heavy atom. The lowest BCUT2D eigenvalue weighted by molar-refractivity contribution is 0.0985. The molecule has 20 heavy (non-hydrogen) atoms. The van der Waals surface area contributed by atoms with Crippen molar-refractivity contribution in [3.63, 3.8) is 0 Å². The van der Waals surface area contributed by atoms with E-state index in [1.165, 1.54) is 0 Å². The highest BCUT2D eigenvalue weighted by Crippen LogP contribution is 2.35. The number of ether oxygens (including phenoxy) is 2. The van der Waals surface area contributed by atoms with Gasteiger partial charge in [0.05, 0.1) is 28.2 Å².